The molecule has 0 aliphatic rings. The van der Waals surface area contributed by atoms with Gasteiger partial charge in [-0.05, 0) is 0 Å². The van der Waals surface area contributed by atoms with E-state index in [2.05, 4.69) is 10.3 Å². The number of aromatic nitrogens is 1. The minimum absolute atomic E-state index is 0.0273. The first kappa shape index (κ1) is 12.4. The zero-order valence-corrected chi connectivity index (χ0v) is 9.39. The van der Waals surface area contributed by atoms with Gasteiger partial charge in [0, 0.05) is 17.8 Å². The van der Waals surface area contributed by atoms with Crippen LogP contribution in [-0.4, -0.2) is 16.1 Å². The molecule has 18 heavy (non-hydrogen) atoms. The van der Waals surface area contributed by atoms with Gasteiger partial charge in [0.15, 0.2) is 22.6 Å². The third kappa shape index (κ3) is 2.43. The van der Waals surface area contributed by atoms with Crippen molar-refractivity contribution >= 4 is 28.1 Å². The number of anilines is 2. The number of carboxylic acids is 1. The van der Waals surface area contributed by atoms with Crippen LogP contribution in [0.4, 0.5) is 24.0 Å². The molecule has 2 aromatic rings. The van der Waals surface area contributed by atoms with Gasteiger partial charge in [0.05, 0.1) is 6.20 Å². The lowest BCUT2D eigenvalue weighted by Crippen LogP contribution is -1.95. The van der Waals surface area contributed by atoms with Gasteiger partial charge >= 0.3 is 5.97 Å². The van der Waals surface area contributed by atoms with E-state index in [-0.39, 0.29) is 15.7 Å². The predicted octanol–water partition coefficient (Wildman–Crippen LogP) is 3.00. The first-order chi connectivity index (χ1) is 8.47. The van der Waals surface area contributed by atoms with E-state index in [9.17, 15) is 18.0 Å². The van der Waals surface area contributed by atoms with Gasteiger partial charge in [-0.1, -0.05) is 11.3 Å². The largest absolute Gasteiger partial charge is 0.477 e. The smallest absolute Gasteiger partial charge is 0.347 e. The van der Waals surface area contributed by atoms with Gasteiger partial charge in [-0.2, -0.15) is 0 Å². The normalized spacial score (nSPS) is 10.4. The van der Waals surface area contributed by atoms with E-state index in [1.165, 1.54) is 0 Å². The molecule has 2 rings (SSSR count). The molecule has 0 aliphatic carbocycles. The summed E-state index contributed by atoms with van der Waals surface area (Å²) in [6.45, 7) is 0. The molecule has 94 valence electrons. The molecule has 0 spiro atoms. The van der Waals surface area contributed by atoms with Crippen LogP contribution < -0.4 is 5.32 Å². The van der Waals surface area contributed by atoms with Gasteiger partial charge in [0.25, 0.3) is 0 Å². The van der Waals surface area contributed by atoms with Crippen molar-refractivity contribution in [3.05, 3.63) is 40.7 Å². The van der Waals surface area contributed by atoms with Crippen LogP contribution in [0.3, 0.4) is 0 Å². The molecule has 0 saturated carbocycles. The Morgan fingerprint density at radius 3 is 2.39 bits per heavy atom. The highest BCUT2D eigenvalue weighted by molar-refractivity contribution is 7.17. The lowest BCUT2D eigenvalue weighted by molar-refractivity contribution is 0.0702. The number of hydrogen-bond donors (Lipinski definition) is 2. The van der Waals surface area contributed by atoms with Crippen LogP contribution in [0.15, 0.2) is 18.3 Å². The molecule has 0 unspecified atom stereocenters. The molecule has 0 amide bonds. The molecule has 0 saturated heterocycles. The van der Waals surface area contributed by atoms with Gasteiger partial charge in [0.1, 0.15) is 4.88 Å². The minimum Gasteiger partial charge on any atom is -0.477 e. The maximum Gasteiger partial charge on any atom is 0.347 e. The molecule has 1 aromatic heterocycles. The second-order valence-corrected chi connectivity index (χ2v) is 4.24. The Kier molecular flexibility index (Phi) is 3.19. The van der Waals surface area contributed by atoms with Gasteiger partial charge in [-0.15, -0.1) is 0 Å². The maximum atomic E-state index is 12.9. The summed E-state index contributed by atoms with van der Waals surface area (Å²) in [6.07, 6.45) is 1.10. The monoisotopic (exact) mass is 274 g/mol. The van der Waals surface area contributed by atoms with Crippen molar-refractivity contribution in [2.45, 2.75) is 0 Å². The van der Waals surface area contributed by atoms with E-state index in [1.807, 2.05) is 0 Å². The molecule has 0 atom stereocenters. The molecular weight excluding hydrogens is 269 g/mol. The van der Waals surface area contributed by atoms with Crippen LogP contribution in [0.2, 0.25) is 0 Å². The fraction of sp³-hybridized carbons (Fsp3) is 0. The van der Waals surface area contributed by atoms with Crippen molar-refractivity contribution in [2.24, 2.45) is 0 Å². The number of benzene rings is 1. The third-order valence-electron chi connectivity index (χ3n) is 1.95. The second-order valence-electron chi connectivity index (χ2n) is 3.21. The number of carboxylic acid groups (broad SMARTS) is 1. The van der Waals surface area contributed by atoms with Crippen molar-refractivity contribution in [1.82, 2.24) is 4.98 Å². The lowest BCUT2D eigenvalue weighted by atomic mass is 10.3. The van der Waals surface area contributed by atoms with E-state index in [1.54, 1.807) is 0 Å². The highest BCUT2D eigenvalue weighted by atomic mass is 32.1. The quantitative estimate of drug-likeness (QED) is 0.844. The Labute approximate surface area is 103 Å². The SMILES string of the molecule is O=C(O)c1cnc(Nc2cc(F)c(F)c(F)c2)s1. The van der Waals surface area contributed by atoms with E-state index in [0.29, 0.717) is 0 Å². The number of halogens is 3. The molecule has 1 heterocycles. The van der Waals surface area contributed by atoms with E-state index in [4.69, 9.17) is 5.11 Å². The summed E-state index contributed by atoms with van der Waals surface area (Å²) in [5, 5.41) is 11.3. The Balaban J connectivity index is 2.25. The predicted molar refractivity (Wildman–Crippen MR) is 58.7 cm³/mol. The van der Waals surface area contributed by atoms with Crippen molar-refractivity contribution in [2.75, 3.05) is 5.32 Å². The van der Waals surface area contributed by atoms with Crippen LogP contribution in [0.1, 0.15) is 9.67 Å². The van der Waals surface area contributed by atoms with E-state index >= 15 is 0 Å². The number of thiazole rings is 1. The molecular formula is C10H5F3N2O2S. The van der Waals surface area contributed by atoms with Crippen molar-refractivity contribution < 1.29 is 23.1 Å². The fourth-order valence-corrected chi connectivity index (χ4v) is 1.86. The van der Waals surface area contributed by atoms with Gasteiger partial charge < -0.3 is 10.4 Å². The average molecular weight is 274 g/mol. The Hall–Kier alpha value is -2.09. The zero-order valence-electron chi connectivity index (χ0n) is 8.58. The lowest BCUT2D eigenvalue weighted by Gasteiger charge is -2.03. The highest BCUT2D eigenvalue weighted by Gasteiger charge is 2.12. The molecule has 1 aromatic carbocycles. The Morgan fingerprint density at radius 2 is 1.89 bits per heavy atom. The van der Waals surface area contributed by atoms with E-state index < -0.39 is 23.4 Å². The number of rotatable bonds is 3. The van der Waals surface area contributed by atoms with Crippen LogP contribution in [0.25, 0.3) is 0 Å². The topological polar surface area (TPSA) is 62.2 Å². The number of hydrogen-bond acceptors (Lipinski definition) is 4. The highest BCUT2D eigenvalue weighted by Crippen LogP contribution is 2.24. The van der Waals surface area contributed by atoms with Crippen molar-refractivity contribution in [1.29, 1.82) is 0 Å². The van der Waals surface area contributed by atoms with E-state index in [0.717, 1.165) is 29.7 Å². The summed E-state index contributed by atoms with van der Waals surface area (Å²) >= 11 is 0.791. The summed E-state index contributed by atoms with van der Waals surface area (Å²) in [6, 6.07) is 1.50. The van der Waals surface area contributed by atoms with Gasteiger partial charge in [0.2, 0.25) is 0 Å². The summed E-state index contributed by atoms with van der Waals surface area (Å²) in [4.78, 5) is 14.3. The molecule has 0 fully saturated rings. The maximum absolute atomic E-state index is 12.9. The first-order valence-electron chi connectivity index (χ1n) is 4.58. The number of aromatic carboxylic acids is 1. The standard InChI is InChI=1S/C10H5F3N2O2S/c11-5-1-4(2-6(12)8(5)13)15-10-14-3-7(18-10)9(16)17/h1-3H,(H,14,15)(H,16,17). The Bertz CT molecular complexity index is 592. The molecule has 2 N–H and O–H groups in total. The summed E-state index contributed by atoms with van der Waals surface area (Å²) in [5.41, 5.74) is -0.0577. The van der Waals surface area contributed by atoms with Crippen LogP contribution >= 0.6 is 11.3 Å². The molecule has 0 bridgehead atoms. The average Bonchev–Trinajstić information content (AvgIpc) is 2.74. The number of nitrogens with one attached hydrogen (secondary N) is 1. The fourth-order valence-electron chi connectivity index (χ4n) is 1.18. The molecule has 0 radical (unpaired) electrons. The first-order valence-corrected chi connectivity index (χ1v) is 5.39. The van der Waals surface area contributed by atoms with Crippen molar-refractivity contribution in [3.8, 4) is 0 Å². The second kappa shape index (κ2) is 4.65. The van der Waals surface area contributed by atoms with Crippen LogP contribution in [0, 0.1) is 17.5 Å². The zero-order chi connectivity index (χ0) is 13.3. The van der Waals surface area contributed by atoms with Gasteiger partial charge in [-0.3, -0.25) is 0 Å². The number of carbonyl (C=O) groups is 1. The Morgan fingerprint density at radius 1 is 1.28 bits per heavy atom. The minimum atomic E-state index is -1.56. The number of nitrogens with zero attached hydrogens (tertiary/aromatic N) is 1. The molecule has 8 heteroatoms. The summed E-state index contributed by atoms with van der Waals surface area (Å²) < 4.78 is 38.5. The summed E-state index contributed by atoms with van der Waals surface area (Å²) in [7, 11) is 0. The van der Waals surface area contributed by atoms with Crippen molar-refractivity contribution in [3.63, 3.8) is 0 Å². The summed E-state index contributed by atoms with van der Waals surface area (Å²) in [5.74, 6) is -5.40. The van der Waals surface area contributed by atoms with Gasteiger partial charge in [-0.25, -0.2) is 22.9 Å². The molecule has 4 nitrogen and oxygen atoms in total. The van der Waals surface area contributed by atoms with Crippen LogP contribution in [0.5, 0.6) is 0 Å². The molecule has 0 aliphatic heterocycles. The third-order valence-corrected chi connectivity index (χ3v) is 2.85. The van der Waals surface area contributed by atoms with Crippen LogP contribution in [-0.2, 0) is 0 Å².